The fraction of sp³-hybridized carbons (Fsp3) is 0.174. The van der Waals surface area contributed by atoms with Crippen LogP contribution in [0.25, 0.3) is 23.0 Å². The molecule has 0 spiro atoms. The molecule has 3 aromatic rings. The van der Waals surface area contributed by atoms with Gasteiger partial charge >= 0.3 is 0 Å². The third-order valence-electron chi connectivity index (χ3n) is 4.34. The number of amides is 1. The molecule has 0 aliphatic heterocycles. The van der Waals surface area contributed by atoms with Crippen molar-refractivity contribution in [3.63, 3.8) is 0 Å². The highest BCUT2D eigenvalue weighted by atomic mass is 16.5. The Morgan fingerprint density at radius 1 is 1.21 bits per heavy atom. The number of aromatic nitrogens is 2. The van der Waals surface area contributed by atoms with Gasteiger partial charge in [0.1, 0.15) is 11.6 Å². The molecule has 6 nitrogen and oxygen atoms in total. The minimum absolute atomic E-state index is 0.0158. The van der Waals surface area contributed by atoms with Crippen molar-refractivity contribution >= 4 is 12.0 Å². The molecule has 1 N–H and O–H groups in total. The Morgan fingerprint density at radius 3 is 2.59 bits per heavy atom. The standard InChI is InChI=1S/C23H22N4O2/c1-17-8-10-18(11-9-17)22-20(14-19(15-24)23(28)25-12-13-29-2)16-27(26-22)21-6-4-3-5-7-21/h3-11,14,16H,12-13H2,1-2H3,(H,25,28)/b19-14+. The van der Waals surface area contributed by atoms with Gasteiger partial charge in [0, 0.05) is 31.0 Å². The van der Waals surface area contributed by atoms with Crippen LogP contribution in [0.1, 0.15) is 11.1 Å². The van der Waals surface area contributed by atoms with Gasteiger partial charge < -0.3 is 10.1 Å². The van der Waals surface area contributed by atoms with Gasteiger partial charge in [-0.3, -0.25) is 4.79 Å². The highest BCUT2D eigenvalue weighted by Gasteiger charge is 2.15. The van der Waals surface area contributed by atoms with Crippen LogP contribution in [0.5, 0.6) is 0 Å². The Balaban J connectivity index is 2.03. The first-order chi connectivity index (χ1) is 14.1. The van der Waals surface area contributed by atoms with Crippen molar-refractivity contribution in [2.75, 3.05) is 20.3 Å². The number of rotatable bonds is 7. The number of hydrogen-bond acceptors (Lipinski definition) is 4. The van der Waals surface area contributed by atoms with Crippen LogP contribution < -0.4 is 5.32 Å². The Kier molecular flexibility index (Phi) is 6.56. The van der Waals surface area contributed by atoms with Crippen molar-refractivity contribution in [3.8, 4) is 23.0 Å². The number of hydrogen-bond donors (Lipinski definition) is 1. The maximum absolute atomic E-state index is 12.3. The summed E-state index contributed by atoms with van der Waals surface area (Å²) in [5.41, 5.74) is 4.35. The summed E-state index contributed by atoms with van der Waals surface area (Å²) in [6, 6.07) is 19.7. The van der Waals surface area contributed by atoms with Crippen molar-refractivity contribution in [2.45, 2.75) is 6.92 Å². The van der Waals surface area contributed by atoms with Gasteiger partial charge in [-0.05, 0) is 25.1 Å². The van der Waals surface area contributed by atoms with Gasteiger partial charge in [-0.15, -0.1) is 0 Å². The first-order valence-electron chi connectivity index (χ1n) is 9.23. The van der Waals surface area contributed by atoms with E-state index in [1.807, 2.05) is 73.8 Å². The second-order valence-corrected chi connectivity index (χ2v) is 6.50. The van der Waals surface area contributed by atoms with E-state index in [1.54, 1.807) is 17.9 Å². The molecule has 0 saturated heterocycles. The lowest BCUT2D eigenvalue weighted by Crippen LogP contribution is -2.27. The minimum atomic E-state index is -0.438. The Hall–Kier alpha value is -3.69. The van der Waals surface area contributed by atoms with Crippen molar-refractivity contribution < 1.29 is 9.53 Å². The van der Waals surface area contributed by atoms with E-state index >= 15 is 0 Å². The van der Waals surface area contributed by atoms with Gasteiger partial charge in [0.15, 0.2) is 0 Å². The topological polar surface area (TPSA) is 79.9 Å². The molecule has 146 valence electrons. The van der Waals surface area contributed by atoms with E-state index in [0.717, 1.165) is 16.8 Å². The van der Waals surface area contributed by atoms with Gasteiger partial charge in [0.2, 0.25) is 0 Å². The summed E-state index contributed by atoms with van der Waals surface area (Å²) in [6.45, 7) is 2.73. The first-order valence-corrected chi connectivity index (χ1v) is 9.23. The molecular formula is C23H22N4O2. The largest absolute Gasteiger partial charge is 0.383 e. The Labute approximate surface area is 170 Å². The number of nitrogens with one attached hydrogen (secondary N) is 1. The van der Waals surface area contributed by atoms with Gasteiger partial charge in [0.25, 0.3) is 5.91 Å². The molecule has 1 amide bonds. The molecule has 1 heterocycles. The van der Waals surface area contributed by atoms with Crippen molar-refractivity contribution in [1.82, 2.24) is 15.1 Å². The summed E-state index contributed by atoms with van der Waals surface area (Å²) in [4.78, 5) is 12.3. The summed E-state index contributed by atoms with van der Waals surface area (Å²) >= 11 is 0. The van der Waals surface area contributed by atoms with Crippen LogP contribution in [0.15, 0.2) is 66.4 Å². The van der Waals surface area contributed by atoms with Gasteiger partial charge in [-0.1, -0.05) is 48.0 Å². The maximum Gasteiger partial charge on any atom is 0.262 e. The zero-order valence-electron chi connectivity index (χ0n) is 16.4. The molecule has 0 atom stereocenters. The number of carbonyl (C=O) groups excluding carboxylic acids is 1. The summed E-state index contributed by atoms with van der Waals surface area (Å²) in [5, 5.41) is 16.9. The molecule has 0 radical (unpaired) electrons. The average molecular weight is 386 g/mol. The van der Waals surface area contributed by atoms with E-state index < -0.39 is 5.91 Å². The van der Waals surface area contributed by atoms with Crippen LogP contribution in [-0.2, 0) is 9.53 Å². The summed E-state index contributed by atoms with van der Waals surface area (Å²) < 4.78 is 6.68. The fourth-order valence-electron chi connectivity index (χ4n) is 2.81. The van der Waals surface area contributed by atoms with Crippen molar-refractivity contribution in [1.29, 1.82) is 5.26 Å². The molecule has 1 aromatic heterocycles. The van der Waals surface area contributed by atoms with Crippen LogP contribution in [0.2, 0.25) is 0 Å². The molecule has 0 aliphatic carbocycles. The second kappa shape index (κ2) is 9.49. The Bertz CT molecular complexity index is 1040. The zero-order valence-corrected chi connectivity index (χ0v) is 16.4. The molecule has 0 saturated carbocycles. The summed E-state index contributed by atoms with van der Waals surface area (Å²) in [6.07, 6.45) is 3.40. The monoisotopic (exact) mass is 386 g/mol. The van der Waals surface area contributed by atoms with E-state index in [0.29, 0.717) is 24.4 Å². The lowest BCUT2D eigenvalue weighted by atomic mass is 10.0. The average Bonchev–Trinajstić information content (AvgIpc) is 3.17. The number of carbonyl (C=O) groups is 1. The van der Waals surface area contributed by atoms with Crippen LogP contribution in [-0.4, -0.2) is 35.9 Å². The lowest BCUT2D eigenvalue weighted by molar-refractivity contribution is -0.117. The van der Waals surface area contributed by atoms with Crippen LogP contribution >= 0.6 is 0 Å². The molecule has 0 fully saturated rings. The number of nitrogens with zero attached hydrogens (tertiary/aromatic N) is 3. The molecule has 0 bridgehead atoms. The lowest BCUT2D eigenvalue weighted by Gasteiger charge is -2.03. The fourth-order valence-corrected chi connectivity index (χ4v) is 2.81. The molecule has 3 rings (SSSR count). The van der Waals surface area contributed by atoms with Gasteiger partial charge in [-0.2, -0.15) is 10.4 Å². The zero-order chi connectivity index (χ0) is 20.6. The number of nitriles is 1. The molecule has 29 heavy (non-hydrogen) atoms. The summed E-state index contributed by atoms with van der Waals surface area (Å²) in [7, 11) is 1.55. The predicted octanol–water partition coefficient (Wildman–Crippen LogP) is 3.52. The predicted molar refractivity (Wildman–Crippen MR) is 112 cm³/mol. The van der Waals surface area contributed by atoms with Crippen LogP contribution in [0.4, 0.5) is 0 Å². The molecule has 0 unspecified atom stereocenters. The number of benzene rings is 2. The summed E-state index contributed by atoms with van der Waals surface area (Å²) in [5.74, 6) is -0.438. The second-order valence-electron chi connectivity index (χ2n) is 6.50. The van der Waals surface area contributed by atoms with Crippen LogP contribution in [0.3, 0.4) is 0 Å². The van der Waals surface area contributed by atoms with E-state index in [2.05, 4.69) is 5.32 Å². The first kappa shape index (κ1) is 20.1. The van der Waals surface area contributed by atoms with E-state index in [1.165, 1.54) is 0 Å². The Morgan fingerprint density at radius 2 is 1.93 bits per heavy atom. The molecule has 0 aliphatic rings. The number of ether oxygens (including phenoxy) is 1. The normalized spacial score (nSPS) is 11.1. The van der Waals surface area contributed by atoms with E-state index in [4.69, 9.17) is 9.84 Å². The molecular weight excluding hydrogens is 364 g/mol. The highest BCUT2D eigenvalue weighted by molar-refractivity contribution is 6.02. The van der Waals surface area contributed by atoms with Gasteiger partial charge in [-0.25, -0.2) is 4.68 Å². The smallest absolute Gasteiger partial charge is 0.262 e. The quantitative estimate of drug-likeness (QED) is 0.383. The molecule has 6 heteroatoms. The minimum Gasteiger partial charge on any atom is -0.383 e. The SMILES string of the molecule is COCCNC(=O)/C(C#N)=C/c1cn(-c2ccccc2)nc1-c1ccc(C)cc1. The van der Waals surface area contributed by atoms with E-state index in [-0.39, 0.29) is 5.57 Å². The number of methoxy groups -OCH3 is 1. The third-order valence-corrected chi connectivity index (χ3v) is 4.34. The third kappa shape index (κ3) is 4.98. The van der Waals surface area contributed by atoms with Gasteiger partial charge in [0.05, 0.1) is 18.0 Å². The van der Waals surface area contributed by atoms with Crippen molar-refractivity contribution in [3.05, 3.63) is 77.5 Å². The highest BCUT2D eigenvalue weighted by Crippen LogP contribution is 2.26. The number of para-hydroxylation sites is 1. The van der Waals surface area contributed by atoms with E-state index in [9.17, 15) is 10.1 Å². The molecule has 2 aromatic carbocycles. The number of aryl methyl sites for hydroxylation is 1. The van der Waals surface area contributed by atoms with Crippen LogP contribution in [0, 0.1) is 18.3 Å². The maximum atomic E-state index is 12.3. The van der Waals surface area contributed by atoms with Crippen molar-refractivity contribution in [2.24, 2.45) is 0 Å².